The van der Waals surface area contributed by atoms with Gasteiger partial charge in [0.1, 0.15) is 5.69 Å². The number of phenols is 1. The molecule has 0 radical (unpaired) electrons. The number of hydrogen-bond acceptors (Lipinski definition) is 7. The van der Waals surface area contributed by atoms with Crippen molar-refractivity contribution in [1.29, 1.82) is 0 Å². The Morgan fingerprint density at radius 2 is 1.91 bits per heavy atom. The average molecular weight is 472 g/mol. The largest absolute Gasteiger partial charge is 0.503 e. The van der Waals surface area contributed by atoms with Gasteiger partial charge in [0.2, 0.25) is 5.95 Å². The van der Waals surface area contributed by atoms with Crippen LogP contribution in [0.4, 0.5) is 27.9 Å². The van der Waals surface area contributed by atoms with Crippen LogP contribution >= 0.6 is 11.9 Å². The molecule has 0 bridgehead atoms. The summed E-state index contributed by atoms with van der Waals surface area (Å²) in [7, 11) is 1.51. The molecule has 0 spiro atoms. The SMILES string of the molecule is CSN1CCN(c2ncc3c(-c4cc(C(F)(F)F)c(F)c(O)c4F)nn(C)c3n2)C2CC21. The molecule has 7 nitrogen and oxygen atoms in total. The fourth-order valence-electron chi connectivity index (χ4n) is 4.19. The summed E-state index contributed by atoms with van der Waals surface area (Å²) in [6, 6.07) is 0.996. The minimum atomic E-state index is -5.13. The first-order chi connectivity index (χ1) is 15.1. The van der Waals surface area contributed by atoms with Crippen molar-refractivity contribution in [3.05, 3.63) is 29.5 Å². The van der Waals surface area contributed by atoms with Gasteiger partial charge in [-0.25, -0.2) is 22.8 Å². The lowest BCUT2D eigenvalue weighted by atomic mass is 10.0. The third-order valence-electron chi connectivity index (χ3n) is 5.85. The van der Waals surface area contributed by atoms with Gasteiger partial charge in [-0.15, -0.1) is 0 Å². The molecule has 2 atom stereocenters. The molecule has 13 heteroatoms. The summed E-state index contributed by atoms with van der Waals surface area (Å²) in [6.07, 6.45) is -0.746. The van der Waals surface area contributed by atoms with E-state index >= 15 is 0 Å². The van der Waals surface area contributed by atoms with Crippen LogP contribution in [0.1, 0.15) is 12.0 Å². The Kier molecular flexibility index (Phi) is 4.75. The van der Waals surface area contributed by atoms with E-state index in [-0.39, 0.29) is 22.8 Å². The van der Waals surface area contributed by atoms with Crippen LogP contribution in [-0.2, 0) is 13.2 Å². The minimum Gasteiger partial charge on any atom is -0.503 e. The lowest BCUT2D eigenvalue weighted by molar-refractivity contribution is -0.140. The van der Waals surface area contributed by atoms with Gasteiger partial charge in [-0.2, -0.15) is 23.3 Å². The Balaban J connectivity index is 1.59. The Hall–Kier alpha value is -2.67. The molecule has 2 unspecified atom stereocenters. The number of aryl methyl sites for hydroxylation is 1. The van der Waals surface area contributed by atoms with Crippen molar-refractivity contribution < 1.29 is 27.1 Å². The Bertz CT molecular complexity index is 1230. The van der Waals surface area contributed by atoms with E-state index < -0.39 is 34.7 Å². The van der Waals surface area contributed by atoms with Crippen molar-refractivity contribution >= 4 is 28.9 Å². The number of fused-ring (bicyclic) bond motifs is 2. The standard InChI is InChI=1S/C19H17F5N6OS/c1-28-17-9(7-25-18(26-17)29-3-4-30(32-2)12-6-11(12)29)15(27-28)8-5-10(19(22,23)24)14(21)16(31)13(8)20/h5,7,11-12,31H,3-4,6H2,1-2H3. The average Bonchev–Trinajstić information content (AvgIpc) is 3.49. The van der Waals surface area contributed by atoms with Crippen LogP contribution in [0.3, 0.4) is 0 Å². The molecule has 1 aliphatic carbocycles. The highest BCUT2D eigenvalue weighted by molar-refractivity contribution is 7.96. The molecule has 1 aromatic carbocycles. The summed E-state index contributed by atoms with van der Waals surface area (Å²) in [5.41, 5.74) is -2.40. The zero-order valence-corrected chi connectivity index (χ0v) is 17.7. The van der Waals surface area contributed by atoms with Crippen molar-refractivity contribution in [2.24, 2.45) is 7.05 Å². The van der Waals surface area contributed by atoms with Crippen LogP contribution in [0, 0.1) is 11.6 Å². The maximum Gasteiger partial charge on any atom is 0.419 e. The highest BCUT2D eigenvalue weighted by Crippen LogP contribution is 2.43. The molecule has 2 fully saturated rings. The number of piperazine rings is 1. The molecular formula is C19H17F5N6OS. The summed E-state index contributed by atoms with van der Waals surface area (Å²) in [6.45, 7) is 1.55. The maximum absolute atomic E-state index is 14.6. The Morgan fingerprint density at radius 1 is 1.16 bits per heavy atom. The molecule has 1 aliphatic heterocycles. The van der Waals surface area contributed by atoms with Crippen LogP contribution in [0.25, 0.3) is 22.3 Å². The van der Waals surface area contributed by atoms with Crippen molar-refractivity contribution in [3.63, 3.8) is 0 Å². The van der Waals surface area contributed by atoms with Gasteiger partial charge in [-0.05, 0) is 18.7 Å². The third-order valence-corrected chi connectivity index (χ3v) is 6.77. The molecule has 2 aliphatic rings. The number of halogens is 5. The molecule has 2 aromatic heterocycles. The monoisotopic (exact) mass is 472 g/mol. The number of benzene rings is 1. The van der Waals surface area contributed by atoms with Gasteiger partial charge < -0.3 is 10.0 Å². The van der Waals surface area contributed by atoms with E-state index in [1.54, 1.807) is 11.9 Å². The number of hydrogen-bond donors (Lipinski definition) is 1. The highest BCUT2D eigenvalue weighted by Gasteiger charge is 2.50. The van der Waals surface area contributed by atoms with Crippen LogP contribution in [0.15, 0.2) is 12.3 Å². The molecule has 32 heavy (non-hydrogen) atoms. The predicted molar refractivity (Wildman–Crippen MR) is 108 cm³/mol. The Labute approximate surface area is 183 Å². The minimum absolute atomic E-state index is 0.185. The van der Waals surface area contributed by atoms with Crippen LogP contribution < -0.4 is 4.90 Å². The fourth-order valence-corrected chi connectivity index (χ4v) is 4.96. The van der Waals surface area contributed by atoms with E-state index in [1.807, 2.05) is 6.26 Å². The maximum atomic E-state index is 14.6. The normalized spacial score (nSPS) is 21.3. The number of aromatic nitrogens is 4. The molecule has 3 aromatic rings. The van der Waals surface area contributed by atoms with Crippen LogP contribution in [0.5, 0.6) is 5.75 Å². The van der Waals surface area contributed by atoms with E-state index in [0.717, 1.165) is 13.0 Å². The predicted octanol–water partition coefficient (Wildman–Crippen LogP) is 3.57. The van der Waals surface area contributed by atoms with Gasteiger partial charge >= 0.3 is 6.18 Å². The van der Waals surface area contributed by atoms with Crippen LogP contribution in [0.2, 0.25) is 0 Å². The number of phenolic OH excluding ortho intramolecular Hbond substituents is 1. The van der Waals surface area contributed by atoms with Gasteiger partial charge in [0.25, 0.3) is 0 Å². The summed E-state index contributed by atoms with van der Waals surface area (Å²) >= 11 is 1.69. The van der Waals surface area contributed by atoms with Crippen molar-refractivity contribution in [1.82, 2.24) is 24.1 Å². The molecule has 3 heterocycles. The van der Waals surface area contributed by atoms with Gasteiger partial charge in [-0.1, -0.05) is 11.9 Å². The first-order valence-corrected chi connectivity index (χ1v) is 10.9. The third kappa shape index (κ3) is 3.17. The van der Waals surface area contributed by atoms with Crippen molar-refractivity contribution in [2.45, 2.75) is 24.7 Å². The zero-order chi connectivity index (χ0) is 22.9. The fraction of sp³-hybridized carbons (Fsp3) is 0.421. The molecule has 0 amide bonds. The lowest BCUT2D eigenvalue weighted by Crippen LogP contribution is -2.44. The van der Waals surface area contributed by atoms with Gasteiger partial charge in [0.15, 0.2) is 23.0 Å². The number of rotatable bonds is 3. The molecule has 1 saturated carbocycles. The highest BCUT2D eigenvalue weighted by atomic mass is 32.2. The molecule has 5 rings (SSSR count). The first-order valence-electron chi connectivity index (χ1n) is 9.67. The van der Waals surface area contributed by atoms with Crippen LogP contribution in [-0.4, -0.2) is 60.6 Å². The summed E-state index contributed by atoms with van der Waals surface area (Å²) in [4.78, 5) is 11.0. The molecule has 170 valence electrons. The lowest BCUT2D eigenvalue weighted by Gasteiger charge is -2.32. The van der Waals surface area contributed by atoms with E-state index in [2.05, 4.69) is 24.3 Å². The Morgan fingerprint density at radius 3 is 2.59 bits per heavy atom. The van der Waals surface area contributed by atoms with Gasteiger partial charge in [0, 0.05) is 37.9 Å². The van der Waals surface area contributed by atoms with E-state index in [0.29, 0.717) is 24.6 Å². The van der Waals surface area contributed by atoms with Gasteiger partial charge in [0.05, 0.1) is 17.0 Å². The second kappa shape index (κ2) is 7.17. The number of alkyl halides is 3. The molecule has 1 N–H and O–H groups in total. The van der Waals surface area contributed by atoms with E-state index in [1.165, 1.54) is 17.9 Å². The number of nitrogens with zero attached hydrogens (tertiary/aromatic N) is 6. The van der Waals surface area contributed by atoms with Gasteiger partial charge in [-0.3, -0.25) is 0 Å². The second-order valence-corrected chi connectivity index (χ2v) is 8.55. The summed E-state index contributed by atoms with van der Waals surface area (Å²) < 4.78 is 71.6. The summed E-state index contributed by atoms with van der Waals surface area (Å²) in [5, 5.41) is 13.9. The van der Waals surface area contributed by atoms with E-state index in [4.69, 9.17) is 0 Å². The van der Waals surface area contributed by atoms with E-state index in [9.17, 15) is 27.1 Å². The number of aromatic hydroxyl groups is 1. The summed E-state index contributed by atoms with van der Waals surface area (Å²) in [5.74, 6) is -4.86. The smallest absolute Gasteiger partial charge is 0.419 e. The topological polar surface area (TPSA) is 70.3 Å². The molecule has 1 saturated heterocycles. The molecular weight excluding hydrogens is 455 g/mol. The zero-order valence-electron chi connectivity index (χ0n) is 16.9. The number of anilines is 1. The van der Waals surface area contributed by atoms with Crippen molar-refractivity contribution in [3.8, 4) is 17.0 Å². The van der Waals surface area contributed by atoms with Crippen molar-refractivity contribution in [2.75, 3.05) is 24.2 Å². The second-order valence-electron chi connectivity index (χ2n) is 7.71. The first kappa shape index (κ1) is 21.2. The quantitative estimate of drug-likeness (QED) is 0.462.